The van der Waals surface area contributed by atoms with Gasteiger partial charge >= 0.3 is 6.09 Å². The molecule has 0 saturated heterocycles. The van der Waals surface area contributed by atoms with Crippen molar-refractivity contribution in [3.05, 3.63) is 11.6 Å². The normalized spacial score (nSPS) is 15.6. The van der Waals surface area contributed by atoms with Gasteiger partial charge in [0.25, 0.3) is 10.0 Å². The van der Waals surface area contributed by atoms with Crippen molar-refractivity contribution in [2.45, 2.75) is 56.8 Å². The van der Waals surface area contributed by atoms with Crippen LogP contribution in [0.3, 0.4) is 0 Å². The fraction of sp³-hybridized carbons (Fsp3) is 0.688. The van der Waals surface area contributed by atoms with Gasteiger partial charge in [-0.1, -0.05) is 12.8 Å². The minimum Gasteiger partial charge on any atom is -0.444 e. The second-order valence-corrected chi connectivity index (χ2v) is 10.6. The van der Waals surface area contributed by atoms with Gasteiger partial charge in [0.1, 0.15) is 9.81 Å². The summed E-state index contributed by atoms with van der Waals surface area (Å²) in [4.78, 5) is 11.8. The number of aryl methyl sites for hydroxylation is 1. The summed E-state index contributed by atoms with van der Waals surface area (Å²) < 4.78 is 32.3. The van der Waals surface area contributed by atoms with Crippen LogP contribution in [0.4, 0.5) is 9.80 Å². The summed E-state index contributed by atoms with van der Waals surface area (Å²) in [5.74, 6) is 0.677. The number of nitrogens with zero attached hydrogens (tertiary/aromatic N) is 1. The van der Waals surface area contributed by atoms with Gasteiger partial charge in [0.15, 0.2) is 0 Å². The van der Waals surface area contributed by atoms with Crippen molar-refractivity contribution < 1.29 is 17.9 Å². The van der Waals surface area contributed by atoms with Gasteiger partial charge in [-0.3, -0.25) is 5.32 Å². The summed E-state index contributed by atoms with van der Waals surface area (Å²) in [6.07, 6.45) is 2.73. The largest absolute Gasteiger partial charge is 0.444 e. The smallest absolute Gasteiger partial charge is 0.412 e. The van der Waals surface area contributed by atoms with Crippen molar-refractivity contribution in [3.63, 3.8) is 0 Å². The third-order valence-corrected chi connectivity index (χ3v) is 7.31. The van der Waals surface area contributed by atoms with Gasteiger partial charge in [0.2, 0.25) is 0 Å². The predicted molar refractivity (Wildman–Crippen MR) is 96.1 cm³/mol. The molecule has 1 aliphatic rings. The molecule has 0 radical (unpaired) electrons. The summed E-state index contributed by atoms with van der Waals surface area (Å²) in [5, 5.41) is 3.07. The van der Waals surface area contributed by atoms with E-state index in [1.807, 2.05) is 0 Å². The summed E-state index contributed by atoms with van der Waals surface area (Å²) in [5.41, 5.74) is 0.0262. The molecule has 136 valence electrons. The molecule has 1 N–H and O–H groups in total. The maximum atomic E-state index is 12.7. The molecule has 6 nitrogen and oxygen atoms in total. The Morgan fingerprint density at radius 2 is 2.04 bits per heavy atom. The second kappa shape index (κ2) is 7.01. The molecule has 1 aliphatic carbocycles. The Morgan fingerprint density at radius 1 is 1.42 bits per heavy atom. The number of carbonyl (C=O) groups excluding carboxylic acids is 1. The third kappa shape index (κ3) is 5.19. The molecule has 0 spiro atoms. The molecule has 1 aromatic heterocycles. The molecule has 8 heteroatoms. The number of amides is 1. The Balaban J connectivity index is 2.07. The molecule has 0 aliphatic heterocycles. The van der Waals surface area contributed by atoms with Crippen molar-refractivity contribution in [2.75, 3.05) is 18.9 Å². The minimum atomic E-state index is -3.53. The number of nitrogens with one attached hydrogen (secondary N) is 1. The molecule has 1 fully saturated rings. The second-order valence-electron chi connectivity index (χ2n) is 7.27. The zero-order valence-electron chi connectivity index (χ0n) is 14.9. The number of ether oxygens (including phenoxy) is 1. The summed E-state index contributed by atoms with van der Waals surface area (Å²) >= 11 is 1.06. The van der Waals surface area contributed by atoms with E-state index in [0.29, 0.717) is 23.0 Å². The van der Waals surface area contributed by atoms with Gasteiger partial charge in [0.05, 0.1) is 5.00 Å². The molecule has 2 rings (SSSR count). The van der Waals surface area contributed by atoms with Crippen LogP contribution in [0.2, 0.25) is 0 Å². The van der Waals surface area contributed by atoms with Crippen LogP contribution in [0.25, 0.3) is 0 Å². The molecule has 1 heterocycles. The molecular weight excluding hydrogens is 348 g/mol. The van der Waals surface area contributed by atoms with Crippen LogP contribution >= 0.6 is 11.3 Å². The van der Waals surface area contributed by atoms with Crippen molar-refractivity contribution >= 4 is 32.5 Å². The van der Waals surface area contributed by atoms with Crippen LogP contribution in [-0.2, 0) is 14.8 Å². The first-order valence-electron chi connectivity index (χ1n) is 8.06. The first-order valence-corrected chi connectivity index (χ1v) is 10.3. The zero-order valence-corrected chi connectivity index (χ0v) is 16.5. The molecule has 0 aromatic carbocycles. The Bertz CT molecular complexity index is 700. The average Bonchev–Trinajstić information content (AvgIpc) is 3.16. The summed E-state index contributed by atoms with van der Waals surface area (Å²) in [6.45, 7) is 7.59. The lowest BCUT2D eigenvalue weighted by Gasteiger charge is -2.19. The van der Waals surface area contributed by atoms with E-state index in [4.69, 9.17) is 4.74 Å². The highest BCUT2D eigenvalue weighted by molar-refractivity contribution is 7.91. The molecule has 1 amide bonds. The number of thiophene rings is 1. The van der Waals surface area contributed by atoms with Crippen LogP contribution in [0.5, 0.6) is 0 Å². The third-order valence-electron chi connectivity index (χ3n) is 3.69. The molecule has 0 atom stereocenters. The van der Waals surface area contributed by atoms with Gasteiger partial charge in [-0.05, 0) is 51.7 Å². The monoisotopic (exact) mass is 374 g/mol. The number of sulfonamides is 1. The van der Waals surface area contributed by atoms with E-state index < -0.39 is 21.7 Å². The lowest BCUT2D eigenvalue weighted by atomic mass is 10.2. The van der Waals surface area contributed by atoms with E-state index in [1.165, 1.54) is 17.1 Å². The quantitative estimate of drug-likeness (QED) is 0.821. The average molecular weight is 375 g/mol. The van der Waals surface area contributed by atoms with Crippen molar-refractivity contribution in [3.8, 4) is 0 Å². The molecular formula is C16H26N2O4S2. The molecule has 1 aromatic rings. The van der Waals surface area contributed by atoms with Gasteiger partial charge in [-0.2, -0.15) is 0 Å². The van der Waals surface area contributed by atoms with E-state index in [2.05, 4.69) is 5.32 Å². The maximum absolute atomic E-state index is 12.7. The summed E-state index contributed by atoms with van der Waals surface area (Å²) in [6, 6.07) is 1.66. The number of anilines is 1. The Hall–Kier alpha value is -1.12. The van der Waals surface area contributed by atoms with E-state index >= 15 is 0 Å². The van der Waals surface area contributed by atoms with Crippen LogP contribution in [0.15, 0.2) is 10.3 Å². The van der Waals surface area contributed by atoms with E-state index in [1.54, 1.807) is 40.8 Å². The number of hydrogen-bond donors (Lipinski definition) is 1. The van der Waals surface area contributed by atoms with Crippen molar-refractivity contribution in [1.29, 1.82) is 0 Å². The highest BCUT2D eigenvalue weighted by Crippen LogP contribution is 2.35. The van der Waals surface area contributed by atoms with E-state index in [0.717, 1.165) is 17.8 Å². The predicted octanol–water partition coefficient (Wildman–Crippen LogP) is 3.82. The molecule has 0 unspecified atom stereocenters. The molecule has 1 saturated carbocycles. The maximum Gasteiger partial charge on any atom is 0.412 e. The fourth-order valence-corrected chi connectivity index (χ4v) is 5.18. The van der Waals surface area contributed by atoms with Crippen molar-refractivity contribution in [1.82, 2.24) is 4.31 Å². The van der Waals surface area contributed by atoms with Crippen LogP contribution in [-0.4, -0.2) is 38.0 Å². The van der Waals surface area contributed by atoms with Crippen LogP contribution in [0, 0.1) is 12.8 Å². The Labute approximate surface area is 148 Å². The first kappa shape index (κ1) is 19.2. The van der Waals surface area contributed by atoms with Crippen molar-refractivity contribution in [2.24, 2.45) is 5.92 Å². The number of rotatable bonds is 6. The van der Waals surface area contributed by atoms with Crippen LogP contribution < -0.4 is 5.32 Å². The standard InChI is InChI=1S/C16H26N2O4S2/c1-11-10-13(17-15(19)22-16(2,3)4)23-14(11)24(20,21)18(5)9-8-12-6-7-12/h10,12H,6-9H2,1-5H3,(H,17,19). The van der Waals surface area contributed by atoms with E-state index in [9.17, 15) is 13.2 Å². The lowest BCUT2D eigenvalue weighted by molar-refractivity contribution is 0.0636. The van der Waals surface area contributed by atoms with Gasteiger partial charge in [-0.15, -0.1) is 11.3 Å². The first-order chi connectivity index (χ1) is 11.0. The fourth-order valence-electron chi connectivity index (χ4n) is 2.22. The van der Waals surface area contributed by atoms with E-state index in [-0.39, 0.29) is 4.21 Å². The highest BCUT2D eigenvalue weighted by atomic mass is 32.2. The Kier molecular flexibility index (Phi) is 5.61. The van der Waals surface area contributed by atoms with Gasteiger partial charge < -0.3 is 4.74 Å². The van der Waals surface area contributed by atoms with Crippen LogP contribution in [0.1, 0.15) is 45.6 Å². The van der Waals surface area contributed by atoms with Gasteiger partial charge in [-0.25, -0.2) is 17.5 Å². The minimum absolute atomic E-state index is 0.270. The Morgan fingerprint density at radius 3 is 2.58 bits per heavy atom. The molecule has 0 bridgehead atoms. The zero-order chi connectivity index (χ0) is 18.1. The highest BCUT2D eigenvalue weighted by Gasteiger charge is 2.28. The SMILES string of the molecule is Cc1cc(NC(=O)OC(C)(C)C)sc1S(=O)(=O)N(C)CCC1CC1. The summed E-state index contributed by atoms with van der Waals surface area (Å²) in [7, 11) is -1.92. The van der Waals surface area contributed by atoms with Gasteiger partial charge in [0, 0.05) is 13.6 Å². The lowest BCUT2D eigenvalue weighted by Crippen LogP contribution is -2.28. The number of carbonyl (C=O) groups is 1. The topological polar surface area (TPSA) is 75.7 Å². The molecule has 24 heavy (non-hydrogen) atoms. The number of hydrogen-bond acceptors (Lipinski definition) is 5.